The van der Waals surface area contributed by atoms with E-state index in [2.05, 4.69) is 10.9 Å². The predicted molar refractivity (Wildman–Crippen MR) is 101 cm³/mol. The van der Waals surface area contributed by atoms with Crippen LogP contribution < -0.4 is 9.54 Å². The van der Waals surface area contributed by atoms with Gasteiger partial charge in [0.25, 0.3) is 5.91 Å². The van der Waals surface area contributed by atoms with E-state index < -0.39 is 0 Å². The highest BCUT2D eigenvalue weighted by atomic mass is 35.5. The van der Waals surface area contributed by atoms with Gasteiger partial charge in [-0.15, -0.1) is 6.42 Å². The van der Waals surface area contributed by atoms with Gasteiger partial charge in [-0.25, -0.2) is 0 Å². The van der Waals surface area contributed by atoms with Gasteiger partial charge in [0.2, 0.25) is 0 Å². The second-order valence-corrected chi connectivity index (χ2v) is 6.79. The Balaban J connectivity index is 1.89. The second-order valence-electron chi connectivity index (χ2n) is 5.35. The van der Waals surface area contributed by atoms with Crippen LogP contribution in [0.1, 0.15) is 5.56 Å². The first-order valence-corrected chi connectivity index (χ1v) is 8.76. The molecule has 2 aromatic carbocycles. The van der Waals surface area contributed by atoms with Crippen molar-refractivity contribution in [2.45, 2.75) is 13.5 Å². The maximum Gasteiger partial charge on any atom is 0.286 e. The lowest BCUT2D eigenvalue weighted by Crippen LogP contribution is -2.19. The van der Waals surface area contributed by atoms with Gasteiger partial charge in [-0.05, 0) is 36.8 Å². The van der Waals surface area contributed by atoms with Crippen molar-refractivity contribution in [3.05, 3.63) is 57.9 Å². The number of benzene rings is 2. The summed E-state index contributed by atoms with van der Waals surface area (Å²) in [6.07, 6.45) is 5.45. The van der Waals surface area contributed by atoms with Crippen LogP contribution >= 0.6 is 22.9 Å². The van der Waals surface area contributed by atoms with E-state index in [0.29, 0.717) is 22.1 Å². The molecular weight excluding hydrogens is 356 g/mol. The summed E-state index contributed by atoms with van der Waals surface area (Å²) in [5, 5.41) is 0.627. The Morgan fingerprint density at radius 1 is 1.36 bits per heavy atom. The van der Waals surface area contributed by atoms with Crippen LogP contribution in [0.15, 0.2) is 47.5 Å². The summed E-state index contributed by atoms with van der Waals surface area (Å²) in [4.78, 5) is 16.9. The smallest absolute Gasteiger partial charge is 0.286 e. The number of thiazole rings is 1. The molecule has 0 spiro atoms. The number of fused-ring (bicyclic) bond motifs is 1. The normalized spacial score (nSPS) is 11.5. The first-order chi connectivity index (χ1) is 12.1. The highest BCUT2D eigenvalue weighted by molar-refractivity contribution is 7.16. The Morgan fingerprint density at radius 2 is 2.16 bits per heavy atom. The molecule has 0 fully saturated rings. The summed E-state index contributed by atoms with van der Waals surface area (Å²) in [5.74, 6) is 2.89. The van der Waals surface area contributed by atoms with Crippen LogP contribution in [0.5, 0.6) is 5.75 Å². The molecule has 1 aromatic heterocycles. The molecule has 3 aromatic rings. The third kappa shape index (κ3) is 3.93. The van der Waals surface area contributed by atoms with E-state index in [-0.39, 0.29) is 12.5 Å². The lowest BCUT2D eigenvalue weighted by atomic mass is 10.2. The zero-order valence-electron chi connectivity index (χ0n) is 13.5. The molecule has 126 valence electrons. The molecular formula is C19H15ClN2O2S. The Labute approximate surface area is 154 Å². The van der Waals surface area contributed by atoms with E-state index in [1.54, 1.807) is 6.07 Å². The zero-order valence-corrected chi connectivity index (χ0v) is 15.1. The van der Waals surface area contributed by atoms with Gasteiger partial charge in [0, 0.05) is 5.02 Å². The monoisotopic (exact) mass is 370 g/mol. The van der Waals surface area contributed by atoms with E-state index >= 15 is 0 Å². The van der Waals surface area contributed by atoms with E-state index in [1.165, 1.54) is 11.3 Å². The van der Waals surface area contributed by atoms with E-state index in [0.717, 1.165) is 15.8 Å². The standard InChI is InChI=1S/C19H15ClN2O2S/c1-3-10-22-15-9-8-14(20)11-17(15)25-19(22)21-18(23)12-24-16-7-5-4-6-13(16)2/h1,4-9,11H,10,12H2,2H3. The molecule has 0 atom stereocenters. The largest absolute Gasteiger partial charge is 0.483 e. The number of halogens is 1. The van der Waals surface area contributed by atoms with Gasteiger partial charge in [-0.2, -0.15) is 4.99 Å². The van der Waals surface area contributed by atoms with Crippen molar-refractivity contribution >= 4 is 39.1 Å². The van der Waals surface area contributed by atoms with E-state index in [4.69, 9.17) is 22.8 Å². The third-order valence-electron chi connectivity index (χ3n) is 3.56. The summed E-state index contributed by atoms with van der Waals surface area (Å²) in [5.41, 5.74) is 1.87. The SMILES string of the molecule is C#CCn1c(=NC(=O)COc2ccccc2C)sc2cc(Cl)ccc21. The van der Waals surface area contributed by atoms with Gasteiger partial charge < -0.3 is 9.30 Å². The van der Waals surface area contributed by atoms with Gasteiger partial charge in [-0.1, -0.05) is 47.1 Å². The van der Waals surface area contributed by atoms with Crippen molar-refractivity contribution in [1.29, 1.82) is 0 Å². The van der Waals surface area contributed by atoms with Crippen molar-refractivity contribution in [2.75, 3.05) is 6.61 Å². The maximum absolute atomic E-state index is 12.2. The summed E-state index contributed by atoms with van der Waals surface area (Å²) in [6.45, 7) is 2.12. The van der Waals surface area contributed by atoms with Crippen molar-refractivity contribution in [2.24, 2.45) is 4.99 Å². The average Bonchev–Trinajstić information content (AvgIpc) is 2.91. The molecule has 0 N–H and O–H groups in total. The Bertz CT molecular complexity index is 1040. The first-order valence-electron chi connectivity index (χ1n) is 7.57. The fourth-order valence-corrected chi connectivity index (χ4v) is 3.70. The number of para-hydroxylation sites is 1. The van der Waals surface area contributed by atoms with Crippen LogP contribution in [0.2, 0.25) is 5.02 Å². The maximum atomic E-state index is 12.2. The molecule has 4 nitrogen and oxygen atoms in total. The molecule has 0 saturated carbocycles. The highest BCUT2D eigenvalue weighted by Crippen LogP contribution is 2.22. The minimum atomic E-state index is -0.369. The van der Waals surface area contributed by atoms with Crippen molar-refractivity contribution in [3.63, 3.8) is 0 Å². The number of hydrogen-bond donors (Lipinski definition) is 0. The van der Waals surface area contributed by atoms with Gasteiger partial charge in [0.15, 0.2) is 11.4 Å². The summed E-state index contributed by atoms with van der Waals surface area (Å²) in [7, 11) is 0. The van der Waals surface area contributed by atoms with Crippen LogP contribution in [-0.4, -0.2) is 17.1 Å². The number of nitrogens with zero attached hydrogens (tertiary/aromatic N) is 2. The van der Waals surface area contributed by atoms with Crippen LogP contribution in [0.3, 0.4) is 0 Å². The van der Waals surface area contributed by atoms with Crippen LogP contribution in [0.25, 0.3) is 10.2 Å². The van der Waals surface area contributed by atoms with Crippen LogP contribution in [0.4, 0.5) is 0 Å². The average molecular weight is 371 g/mol. The molecule has 1 heterocycles. The molecule has 3 rings (SSSR count). The molecule has 25 heavy (non-hydrogen) atoms. The lowest BCUT2D eigenvalue weighted by Gasteiger charge is -2.06. The van der Waals surface area contributed by atoms with Gasteiger partial charge in [-0.3, -0.25) is 4.79 Å². The van der Waals surface area contributed by atoms with E-state index in [9.17, 15) is 4.79 Å². The van der Waals surface area contributed by atoms with Gasteiger partial charge >= 0.3 is 0 Å². The van der Waals surface area contributed by atoms with Crippen molar-refractivity contribution < 1.29 is 9.53 Å². The summed E-state index contributed by atoms with van der Waals surface area (Å²) < 4.78 is 8.30. The summed E-state index contributed by atoms with van der Waals surface area (Å²) in [6, 6.07) is 13.0. The van der Waals surface area contributed by atoms with E-state index in [1.807, 2.05) is 47.9 Å². The Morgan fingerprint density at radius 3 is 2.92 bits per heavy atom. The third-order valence-corrected chi connectivity index (χ3v) is 4.84. The van der Waals surface area contributed by atoms with Crippen LogP contribution in [0, 0.1) is 19.3 Å². The Hall–Kier alpha value is -2.55. The fourth-order valence-electron chi connectivity index (χ4n) is 2.37. The number of hydrogen-bond acceptors (Lipinski definition) is 3. The minimum absolute atomic E-state index is 0.129. The molecule has 0 aliphatic carbocycles. The number of terminal acetylenes is 1. The summed E-state index contributed by atoms with van der Waals surface area (Å²) >= 11 is 7.41. The quantitative estimate of drug-likeness (QED) is 0.655. The molecule has 0 bridgehead atoms. The molecule has 0 saturated heterocycles. The topological polar surface area (TPSA) is 43.6 Å². The first kappa shape index (κ1) is 17.3. The fraction of sp³-hybridized carbons (Fsp3) is 0.158. The minimum Gasteiger partial charge on any atom is -0.483 e. The molecule has 0 radical (unpaired) electrons. The van der Waals surface area contributed by atoms with Crippen molar-refractivity contribution in [1.82, 2.24) is 4.57 Å². The number of rotatable bonds is 4. The number of ether oxygens (including phenoxy) is 1. The number of carbonyl (C=O) groups is 1. The zero-order chi connectivity index (χ0) is 17.8. The Kier molecular flexibility index (Phi) is 5.22. The number of aromatic nitrogens is 1. The molecule has 0 aliphatic rings. The van der Waals surface area contributed by atoms with Crippen LogP contribution in [-0.2, 0) is 11.3 Å². The second kappa shape index (κ2) is 7.56. The lowest BCUT2D eigenvalue weighted by molar-refractivity contribution is -0.120. The number of aryl methyl sites for hydroxylation is 1. The number of amides is 1. The molecule has 0 aliphatic heterocycles. The van der Waals surface area contributed by atoms with Gasteiger partial charge in [0.1, 0.15) is 5.75 Å². The van der Waals surface area contributed by atoms with Crippen molar-refractivity contribution in [3.8, 4) is 18.1 Å². The van der Waals surface area contributed by atoms with Gasteiger partial charge in [0.05, 0.1) is 16.8 Å². The highest BCUT2D eigenvalue weighted by Gasteiger charge is 2.09. The number of carbonyl (C=O) groups excluding carboxylic acids is 1. The predicted octanol–water partition coefficient (Wildman–Crippen LogP) is 3.80. The molecule has 6 heteroatoms. The molecule has 1 amide bonds. The molecule has 0 unspecified atom stereocenters.